The zero-order valence-corrected chi connectivity index (χ0v) is 19.6. The van der Waals surface area contributed by atoms with Gasteiger partial charge in [-0.3, -0.25) is 15.6 Å². The van der Waals surface area contributed by atoms with Crippen LogP contribution in [-0.2, 0) is 11.2 Å². The van der Waals surface area contributed by atoms with Crippen molar-refractivity contribution in [3.8, 4) is 5.75 Å². The first-order valence-corrected chi connectivity index (χ1v) is 11.7. The molecule has 170 valence electrons. The molecule has 2 aromatic rings. The summed E-state index contributed by atoms with van der Waals surface area (Å²) in [6.45, 7) is 1.83. The van der Waals surface area contributed by atoms with Crippen molar-refractivity contribution in [2.45, 2.75) is 32.1 Å². The van der Waals surface area contributed by atoms with Crippen molar-refractivity contribution in [3.63, 3.8) is 0 Å². The number of methoxy groups -OCH3 is 1. The number of hydrogen-bond donors (Lipinski definition) is 2. The monoisotopic (exact) mass is 474 g/mol. The second-order valence-corrected chi connectivity index (χ2v) is 9.28. The van der Waals surface area contributed by atoms with E-state index in [1.165, 1.54) is 19.3 Å². The average molecular weight is 475 g/mol. The smallest absolute Gasteiger partial charge is 0.281 e. The molecule has 6 nitrogen and oxygen atoms in total. The predicted octanol–water partition coefficient (Wildman–Crippen LogP) is 5.17. The van der Waals surface area contributed by atoms with Gasteiger partial charge in [0.2, 0.25) is 0 Å². The van der Waals surface area contributed by atoms with E-state index in [1.807, 2.05) is 24.3 Å². The van der Waals surface area contributed by atoms with E-state index >= 15 is 0 Å². The van der Waals surface area contributed by atoms with Gasteiger partial charge in [0.25, 0.3) is 5.91 Å². The molecule has 0 radical (unpaired) electrons. The number of aryl methyl sites for hydroxylation is 1. The Hall–Kier alpha value is -2.28. The van der Waals surface area contributed by atoms with Gasteiger partial charge in [-0.05, 0) is 67.0 Å². The minimum Gasteiger partial charge on any atom is -0.497 e. The summed E-state index contributed by atoms with van der Waals surface area (Å²) >= 11 is 12.2. The summed E-state index contributed by atoms with van der Waals surface area (Å²) in [4.78, 5) is 13.1. The van der Waals surface area contributed by atoms with Gasteiger partial charge in [0.15, 0.2) is 0 Å². The first-order valence-electron chi connectivity index (χ1n) is 11.0. The van der Waals surface area contributed by atoms with Crippen LogP contribution in [0.3, 0.4) is 0 Å². The van der Waals surface area contributed by atoms with Crippen LogP contribution in [0.2, 0.25) is 10.0 Å². The second kappa shape index (κ2) is 10.6. The molecule has 2 atom stereocenters. The van der Waals surface area contributed by atoms with E-state index in [-0.39, 0.29) is 5.91 Å². The summed E-state index contributed by atoms with van der Waals surface area (Å²) in [7, 11) is 1.64. The number of carbonyl (C=O) groups excluding carboxylic acids is 1. The molecule has 0 aromatic heterocycles. The molecular formula is C24H28Cl2N4O2. The highest BCUT2D eigenvalue weighted by Gasteiger charge is 2.36. The van der Waals surface area contributed by atoms with E-state index in [0.717, 1.165) is 24.4 Å². The number of nitrogens with zero attached hydrogens (tertiary/aromatic N) is 2. The molecular weight excluding hydrogens is 447 g/mol. The van der Waals surface area contributed by atoms with Crippen molar-refractivity contribution in [2.24, 2.45) is 16.9 Å². The zero-order chi connectivity index (χ0) is 22.5. The Morgan fingerprint density at radius 1 is 1.12 bits per heavy atom. The molecule has 2 aliphatic rings. The van der Waals surface area contributed by atoms with E-state index in [9.17, 15) is 4.79 Å². The molecule has 2 fully saturated rings. The molecule has 8 heteroatoms. The van der Waals surface area contributed by atoms with Crippen LogP contribution in [-0.4, -0.2) is 36.8 Å². The highest BCUT2D eigenvalue weighted by Crippen LogP contribution is 2.36. The number of hydrazine groups is 1. The predicted molar refractivity (Wildman–Crippen MR) is 129 cm³/mol. The minimum atomic E-state index is -0.184. The van der Waals surface area contributed by atoms with Crippen molar-refractivity contribution in [3.05, 3.63) is 58.1 Å². The van der Waals surface area contributed by atoms with Crippen LogP contribution in [0.1, 0.15) is 31.2 Å². The van der Waals surface area contributed by atoms with Gasteiger partial charge in [0.05, 0.1) is 17.8 Å². The standard InChI is InChI=1S/C24H28Cl2N4O2/c1-32-20-9-5-16(6-10-20)7-11-23(28-27-22-12-8-19(25)13-21(22)26)24(31)29-30-14-17-3-2-4-18(17)15-30/h5-6,8-10,12-13,17-18,27H,2-4,7,11,14-15H2,1H3,(H,29,31)/b28-23+. The van der Waals surface area contributed by atoms with Gasteiger partial charge < -0.3 is 4.74 Å². The fourth-order valence-corrected chi connectivity index (χ4v) is 4.97. The van der Waals surface area contributed by atoms with Gasteiger partial charge in [-0.15, -0.1) is 0 Å². The van der Waals surface area contributed by atoms with E-state index in [2.05, 4.69) is 21.0 Å². The summed E-state index contributed by atoms with van der Waals surface area (Å²) in [6, 6.07) is 12.9. The van der Waals surface area contributed by atoms with Crippen LogP contribution < -0.4 is 15.6 Å². The van der Waals surface area contributed by atoms with Crippen molar-refractivity contribution < 1.29 is 9.53 Å². The lowest BCUT2D eigenvalue weighted by molar-refractivity contribution is -0.119. The first-order chi connectivity index (χ1) is 15.5. The maximum atomic E-state index is 13.1. The van der Waals surface area contributed by atoms with Crippen LogP contribution >= 0.6 is 23.2 Å². The third-order valence-electron chi connectivity index (χ3n) is 6.30. The van der Waals surface area contributed by atoms with Gasteiger partial charge in [0, 0.05) is 24.5 Å². The number of anilines is 1. The first kappa shape index (κ1) is 22.9. The Bertz CT molecular complexity index is 968. The number of nitrogens with one attached hydrogen (secondary N) is 2. The Balaban J connectivity index is 1.44. The molecule has 1 heterocycles. The van der Waals surface area contributed by atoms with Gasteiger partial charge in [0.1, 0.15) is 11.5 Å². The number of benzene rings is 2. The fourth-order valence-electron chi connectivity index (χ4n) is 4.52. The summed E-state index contributed by atoms with van der Waals surface area (Å²) in [5.41, 5.74) is 8.13. The van der Waals surface area contributed by atoms with Crippen LogP contribution in [0.4, 0.5) is 5.69 Å². The molecule has 2 N–H and O–H groups in total. The highest BCUT2D eigenvalue weighted by atomic mass is 35.5. The number of ether oxygens (including phenoxy) is 1. The third-order valence-corrected chi connectivity index (χ3v) is 6.85. The summed E-state index contributed by atoms with van der Waals surface area (Å²) in [6.07, 6.45) is 4.98. The Kier molecular flexibility index (Phi) is 7.55. The van der Waals surface area contributed by atoms with Crippen LogP contribution in [0.25, 0.3) is 0 Å². The van der Waals surface area contributed by atoms with Gasteiger partial charge >= 0.3 is 0 Å². The fraction of sp³-hybridized carbons (Fsp3) is 0.417. The van der Waals surface area contributed by atoms with E-state index in [4.69, 9.17) is 27.9 Å². The molecule has 32 heavy (non-hydrogen) atoms. The molecule has 1 saturated heterocycles. The number of rotatable bonds is 8. The molecule has 0 bridgehead atoms. The minimum absolute atomic E-state index is 0.184. The van der Waals surface area contributed by atoms with Crippen molar-refractivity contribution in [2.75, 3.05) is 25.6 Å². The Morgan fingerprint density at radius 3 is 2.50 bits per heavy atom. The molecule has 1 saturated carbocycles. The number of hydrogen-bond acceptors (Lipinski definition) is 5. The molecule has 1 aliphatic heterocycles. The van der Waals surface area contributed by atoms with Crippen LogP contribution in [0.5, 0.6) is 5.75 Å². The Morgan fingerprint density at radius 2 is 1.84 bits per heavy atom. The SMILES string of the molecule is COc1ccc(CC/C(=N\Nc2ccc(Cl)cc2Cl)C(=O)NN2CC3CCCC3C2)cc1. The highest BCUT2D eigenvalue weighted by molar-refractivity contribution is 6.39. The number of halogens is 2. The molecule has 0 spiro atoms. The number of fused-ring (bicyclic) bond motifs is 1. The zero-order valence-electron chi connectivity index (χ0n) is 18.1. The maximum Gasteiger partial charge on any atom is 0.281 e. The molecule has 2 unspecified atom stereocenters. The lowest BCUT2D eigenvalue weighted by atomic mass is 10.0. The summed E-state index contributed by atoms with van der Waals surface area (Å²) < 4.78 is 5.22. The normalized spacial score (nSPS) is 20.8. The molecule has 4 rings (SSSR count). The van der Waals surface area contributed by atoms with Crippen LogP contribution in [0, 0.1) is 11.8 Å². The Labute approximate surface area is 198 Å². The maximum absolute atomic E-state index is 13.1. The number of hydrazone groups is 1. The summed E-state index contributed by atoms with van der Waals surface area (Å²) in [5, 5.41) is 7.46. The van der Waals surface area contributed by atoms with E-state index in [1.54, 1.807) is 25.3 Å². The summed E-state index contributed by atoms with van der Waals surface area (Å²) in [5.74, 6) is 2.01. The number of amides is 1. The molecule has 1 aliphatic carbocycles. The van der Waals surface area contributed by atoms with Crippen molar-refractivity contribution >= 4 is 40.5 Å². The average Bonchev–Trinajstić information content (AvgIpc) is 3.37. The van der Waals surface area contributed by atoms with E-state index in [0.29, 0.717) is 46.1 Å². The number of carbonyl (C=O) groups is 1. The largest absolute Gasteiger partial charge is 0.497 e. The topological polar surface area (TPSA) is 66.0 Å². The van der Waals surface area contributed by atoms with Crippen molar-refractivity contribution in [1.82, 2.24) is 10.4 Å². The van der Waals surface area contributed by atoms with E-state index < -0.39 is 0 Å². The second-order valence-electron chi connectivity index (χ2n) is 8.44. The quantitative estimate of drug-likeness (QED) is 0.409. The van der Waals surface area contributed by atoms with Gasteiger partial charge in [-0.2, -0.15) is 5.10 Å². The lowest BCUT2D eigenvalue weighted by Crippen LogP contribution is -2.44. The third kappa shape index (κ3) is 5.74. The molecule has 2 aromatic carbocycles. The van der Waals surface area contributed by atoms with Gasteiger partial charge in [-0.1, -0.05) is 41.8 Å². The molecule has 1 amide bonds. The van der Waals surface area contributed by atoms with Gasteiger partial charge in [-0.25, -0.2) is 5.01 Å². The van der Waals surface area contributed by atoms with Crippen molar-refractivity contribution in [1.29, 1.82) is 0 Å². The lowest BCUT2D eigenvalue weighted by Gasteiger charge is -2.19. The van der Waals surface area contributed by atoms with Crippen LogP contribution in [0.15, 0.2) is 47.6 Å².